The summed E-state index contributed by atoms with van der Waals surface area (Å²) in [6.45, 7) is 6.46. The molecule has 2 aromatic heterocycles. The van der Waals surface area contributed by atoms with E-state index in [4.69, 9.17) is 0 Å². The van der Waals surface area contributed by atoms with E-state index < -0.39 is 0 Å². The maximum absolute atomic E-state index is 13.1. The minimum absolute atomic E-state index is 0.167. The summed E-state index contributed by atoms with van der Waals surface area (Å²) in [4.78, 5) is 24.8. The molecule has 1 saturated heterocycles. The number of aromatic hydroxyl groups is 1. The Kier molecular flexibility index (Phi) is 7.56. The number of para-hydroxylation sites is 1. The molecule has 4 rings (SSSR count). The van der Waals surface area contributed by atoms with Gasteiger partial charge in [-0.3, -0.25) is 24.6 Å². The molecule has 3 aromatic rings. The largest absolute Gasteiger partial charge is 0.507 e. The monoisotopic (exact) mass is 462 g/mol. The molecule has 9 heteroatoms. The molecular weight excluding hydrogens is 435 g/mol. The number of nitrogens with one attached hydrogen (secondary N) is 1. The second kappa shape index (κ2) is 11.0. The molecule has 176 valence electrons. The number of phenolic OH excluding ortho intramolecular Hbond substituents is 1. The Morgan fingerprint density at radius 2 is 1.76 bits per heavy atom. The van der Waals surface area contributed by atoms with Crippen LogP contribution in [0.5, 0.6) is 5.75 Å². The quantitative estimate of drug-likeness (QED) is 0.414. The van der Waals surface area contributed by atoms with E-state index in [2.05, 4.69) is 30.3 Å². The van der Waals surface area contributed by atoms with Crippen LogP contribution in [0, 0.1) is 5.82 Å². The number of aromatic nitrogens is 2. The van der Waals surface area contributed by atoms with Crippen LogP contribution < -0.4 is 5.43 Å². The van der Waals surface area contributed by atoms with Crippen molar-refractivity contribution >= 4 is 11.6 Å². The van der Waals surface area contributed by atoms with E-state index in [1.54, 1.807) is 43.6 Å². The second-order valence-corrected chi connectivity index (χ2v) is 8.21. The summed E-state index contributed by atoms with van der Waals surface area (Å²) >= 11 is 0. The van der Waals surface area contributed by atoms with E-state index in [0.717, 1.165) is 37.4 Å². The number of piperazine rings is 1. The Balaban J connectivity index is 1.34. The smallest absolute Gasteiger partial charge is 0.271 e. The van der Waals surface area contributed by atoms with Gasteiger partial charge in [0.1, 0.15) is 11.6 Å². The molecule has 1 aliphatic heterocycles. The lowest BCUT2D eigenvalue weighted by Gasteiger charge is -2.34. The van der Waals surface area contributed by atoms with Gasteiger partial charge in [0.15, 0.2) is 0 Å². The van der Waals surface area contributed by atoms with Crippen LogP contribution in [0.15, 0.2) is 66.2 Å². The SMILES string of the molecule is C/C(=N/NC(=O)c1ccncc1)c1cccc(CN2CCN(Cc3ccc(F)cn3)CC2)c1O. The molecule has 0 aliphatic carbocycles. The Morgan fingerprint density at radius 3 is 2.44 bits per heavy atom. The van der Waals surface area contributed by atoms with Gasteiger partial charge < -0.3 is 5.11 Å². The number of hydrogen-bond donors (Lipinski definition) is 2. The summed E-state index contributed by atoms with van der Waals surface area (Å²) in [5.74, 6) is -0.502. The van der Waals surface area contributed by atoms with Gasteiger partial charge in [0.2, 0.25) is 0 Å². The van der Waals surface area contributed by atoms with Crippen LogP contribution in [-0.2, 0) is 13.1 Å². The van der Waals surface area contributed by atoms with Crippen LogP contribution in [0.3, 0.4) is 0 Å². The number of pyridine rings is 2. The average molecular weight is 463 g/mol. The number of hydrazone groups is 1. The molecule has 34 heavy (non-hydrogen) atoms. The van der Waals surface area contributed by atoms with Crippen molar-refractivity contribution in [2.75, 3.05) is 26.2 Å². The molecule has 8 nitrogen and oxygen atoms in total. The molecule has 0 radical (unpaired) electrons. The minimum atomic E-state index is -0.342. The summed E-state index contributed by atoms with van der Waals surface area (Å²) in [5.41, 5.74) is 5.73. The van der Waals surface area contributed by atoms with E-state index >= 15 is 0 Å². The fourth-order valence-corrected chi connectivity index (χ4v) is 3.85. The number of hydrogen-bond acceptors (Lipinski definition) is 7. The fraction of sp³-hybridized carbons (Fsp3) is 0.280. The zero-order chi connectivity index (χ0) is 23.9. The summed E-state index contributed by atoms with van der Waals surface area (Å²) in [5, 5.41) is 15.0. The molecule has 2 N–H and O–H groups in total. The number of amides is 1. The van der Waals surface area contributed by atoms with Gasteiger partial charge in [-0.2, -0.15) is 5.10 Å². The van der Waals surface area contributed by atoms with Crippen molar-refractivity contribution < 1.29 is 14.3 Å². The van der Waals surface area contributed by atoms with Crippen molar-refractivity contribution in [2.45, 2.75) is 20.0 Å². The number of nitrogens with zero attached hydrogens (tertiary/aromatic N) is 5. The van der Waals surface area contributed by atoms with Crippen molar-refractivity contribution in [2.24, 2.45) is 5.10 Å². The number of rotatable bonds is 7. The molecule has 1 aliphatic rings. The van der Waals surface area contributed by atoms with E-state index in [-0.39, 0.29) is 17.5 Å². The predicted molar refractivity (Wildman–Crippen MR) is 127 cm³/mol. The topological polar surface area (TPSA) is 94.0 Å². The van der Waals surface area contributed by atoms with Crippen LogP contribution in [-0.4, -0.2) is 62.7 Å². The second-order valence-electron chi connectivity index (χ2n) is 8.21. The van der Waals surface area contributed by atoms with Gasteiger partial charge in [-0.15, -0.1) is 0 Å². The van der Waals surface area contributed by atoms with Crippen LogP contribution in [0.2, 0.25) is 0 Å². The van der Waals surface area contributed by atoms with E-state index in [1.807, 2.05) is 12.1 Å². The number of carbonyl (C=O) groups is 1. The molecule has 1 amide bonds. The van der Waals surface area contributed by atoms with E-state index in [0.29, 0.717) is 29.9 Å². The maximum Gasteiger partial charge on any atom is 0.271 e. The number of carbonyl (C=O) groups excluding carboxylic acids is 1. The molecule has 0 atom stereocenters. The van der Waals surface area contributed by atoms with Gasteiger partial charge >= 0.3 is 0 Å². The molecular formula is C25H27FN6O2. The van der Waals surface area contributed by atoms with Gasteiger partial charge in [0.05, 0.1) is 17.6 Å². The minimum Gasteiger partial charge on any atom is -0.507 e. The highest BCUT2D eigenvalue weighted by molar-refractivity contribution is 6.02. The molecule has 3 heterocycles. The molecule has 1 aromatic carbocycles. The first-order valence-corrected chi connectivity index (χ1v) is 11.1. The Bertz CT molecular complexity index is 1150. The molecule has 0 unspecified atom stereocenters. The number of halogens is 1. The normalized spacial score (nSPS) is 15.3. The van der Waals surface area contributed by atoms with Crippen LogP contribution >= 0.6 is 0 Å². The third-order valence-electron chi connectivity index (χ3n) is 5.81. The van der Waals surface area contributed by atoms with E-state index in [1.165, 1.54) is 12.3 Å². The zero-order valence-electron chi connectivity index (χ0n) is 19.0. The number of benzene rings is 1. The van der Waals surface area contributed by atoms with Crippen molar-refractivity contribution in [3.8, 4) is 5.75 Å². The van der Waals surface area contributed by atoms with E-state index in [9.17, 15) is 14.3 Å². The Hall–Kier alpha value is -3.69. The summed E-state index contributed by atoms with van der Waals surface area (Å²) in [6, 6.07) is 11.9. The molecule has 1 fully saturated rings. The first-order chi connectivity index (χ1) is 16.5. The third-order valence-corrected chi connectivity index (χ3v) is 5.81. The zero-order valence-corrected chi connectivity index (χ0v) is 19.0. The van der Waals surface area contributed by atoms with Crippen LogP contribution in [0.25, 0.3) is 0 Å². The van der Waals surface area contributed by atoms with Gasteiger partial charge in [0.25, 0.3) is 5.91 Å². The first-order valence-electron chi connectivity index (χ1n) is 11.1. The van der Waals surface area contributed by atoms with Crippen molar-refractivity contribution in [1.82, 2.24) is 25.2 Å². The van der Waals surface area contributed by atoms with Crippen molar-refractivity contribution in [3.05, 3.63) is 89.3 Å². The van der Waals surface area contributed by atoms with Crippen LogP contribution in [0.4, 0.5) is 4.39 Å². The third kappa shape index (κ3) is 6.00. The highest BCUT2D eigenvalue weighted by Gasteiger charge is 2.19. The lowest BCUT2D eigenvalue weighted by atomic mass is 10.0. The van der Waals surface area contributed by atoms with Gasteiger partial charge in [-0.25, -0.2) is 9.82 Å². The first kappa shape index (κ1) is 23.5. The fourth-order valence-electron chi connectivity index (χ4n) is 3.85. The highest BCUT2D eigenvalue weighted by Crippen LogP contribution is 2.25. The molecule has 0 bridgehead atoms. The maximum atomic E-state index is 13.1. The summed E-state index contributed by atoms with van der Waals surface area (Å²) < 4.78 is 13.1. The Morgan fingerprint density at radius 1 is 1.06 bits per heavy atom. The summed E-state index contributed by atoms with van der Waals surface area (Å²) in [6.07, 6.45) is 4.33. The van der Waals surface area contributed by atoms with Gasteiger partial charge in [-0.1, -0.05) is 12.1 Å². The van der Waals surface area contributed by atoms with Gasteiger partial charge in [0, 0.05) is 68.4 Å². The highest BCUT2D eigenvalue weighted by atomic mass is 19.1. The standard InChI is InChI=1S/C25H27FN6O2/c1-18(29-30-25(34)19-7-9-27-10-8-19)23-4-2-3-20(24(23)33)16-31-11-13-32(14-12-31)17-22-6-5-21(26)15-28-22/h2-10,15,33H,11-14,16-17H2,1H3,(H,30,34)/b29-18-. The van der Waals surface area contributed by atoms with Crippen molar-refractivity contribution in [3.63, 3.8) is 0 Å². The van der Waals surface area contributed by atoms with Crippen molar-refractivity contribution in [1.29, 1.82) is 0 Å². The molecule has 0 saturated carbocycles. The Labute approximate surface area is 197 Å². The van der Waals surface area contributed by atoms with Crippen LogP contribution in [0.1, 0.15) is 34.1 Å². The summed E-state index contributed by atoms with van der Waals surface area (Å²) in [7, 11) is 0. The predicted octanol–water partition coefficient (Wildman–Crippen LogP) is 2.79. The number of phenols is 1. The lowest BCUT2D eigenvalue weighted by molar-refractivity contribution is 0.0954. The van der Waals surface area contributed by atoms with Gasteiger partial charge in [-0.05, 0) is 37.3 Å². The lowest BCUT2D eigenvalue weighted by Crippen LogP contribution is -2.45. The molecule has 0 spiro atoms. The average Bonchev–Trinajstić information content (AvgIpc) is 2.86.